The van der Waals surface area contributed by atoms with E-state index in [0.717, 1.165) is 18.9 Å². The molecule has 1 fully saturated rings. The number of hydrogen-bond donors (Lipinski definition) is 1. The van der Waals surface area contributed by atoms with Crippen LogP contribution in [0.15, 0.2) is 22.6 Å². The molecule has 3 rings (SSSR count). The second-order valence-electron chi connectivity index (χ2n) is 4.32. The number of furan rings is 1. The molecule has 0 saturated heterocycles. The Balaban J connectivity index is 2.11. The summed E-state index contributed by atoms with van der Waals surface area (Å²) in [5.41, 5.74) is 6.03. The van der Waals surface area contributed by atoms with E-state index in [1.54, 1.807) is 6.07 Å². The summed E-state index contributed by atoms with van der Waals surface area (Å²) in [5.74, 6) is -0.308. The summed E-state index contributed by atoms with van der Waals surface area (Å²) >= 11 is 0. The smallest absolute Gasteiger partial charge is 0.170 e. The lowest BCUT2D eigenvalue weighted by atomic mass is 10.1. The summed E-state index contributed by atoms with van der Waals surface area (Å²) in [7, 11) is 0. The maximum Gasteiger partial charge on any atom is 0.170 e. The molecule has 0 spiro atoms. The van der Waals surface area contributed by atoms with Crippen molar-refractivity contribution in [1.29, 1.82) is 0 Å². The molecule has 84 valence electrons. The lowest BCUT2D eigenvalue weighted by Gasteiger charge is -2.04. The van der Waals surface area contributed by atoms with Crippen LogP contribution < -0.4 is 5.73 Å². The molecule has 0 aliphatic heterocycles. The van der Waals surface area contributed by atoms with Crippen molar-refractivity contribution in [3.05, 3.63) is 35.6 Å². The number of halogens is 2. The largest absolute Gasteiger partial charge is 0.456 e. The van der Waals surface area contributed by atoms with E-state index in [1.165, 1.54) is 6.07 Å². The van der Waals surface area contributed by atoms with E-state index in [4.69, 9.17) is 10.2 Å². The average Bonchev–Trinajstić information content (AvgIpc) is 2.97. The summed E-state index contributed by atoms with van der Waals surface area (Å²) < 4.78 is 31.7. The van der Waals surface area contributed by atoms with Crippen molar-refractivity contribution in [2.75, 3.05) is 0 Å². The highest BCUT2D eigenvalue weighted by molar-refractivity contribution is 5.78. The molecule has 1 atom stereocenters. The van der Waals surface area contributed by atoms with Gasteiger partial charge in [-0.05, 0) is 30.9 Å². The minimum Gasteiger partial charge on any atom is -0.456 e. The Hall–Kier alpha value is -1.42. The molecule has 1 unspecified atom stereocenters. The molecule has 2 N–H and O–H groups in total. The molecule has 1 heterocycles. The fourth-order valence-corrected chi connectivity index (χ4v) is 1.95. The highest BCUT2D eigenvalue weighted by Gasteiger charge is 2.31. The second-order valence-corrected chi connectivity index (χ2v) is 4.32. The van der Waals surface area contributed by atoms with Crippen LogP contribution >= 0.6 is 0 Å². The molecule has 2 aromatic rings. The van der Waals surface area contributed by atoms with Crippen molar-refractivity contribution < 1.29 is 13.2 Å². The van der Waals surface area contributed by atoms with Gasteiger partial charge < -0.3 is 10.2 Å². The summed E-state index contributed by atoms with van der Waals surface area (Å²) in [4.78, 5) is 0. The highest BCUT2D eigenvalue weighted by Crippen LogP contribution is 2.41. The van der Waals surface area contributed by atoms with Crippen molar-refractivity contribution in [3.8, 4) is 0 Å². The molecule has 1 aliphatic carbocycles. The van der Waals surface area contributed by atoms with E-state index in [-0.39, 0.29) is 11.6 Å². The molecule has 0 radical (unpaired) electrons. The highest BCUT2D eigenvalue weighted by atomic mass is 19.1. The Labute approximate surface area is 91.0 Å². The molecule has 4 heteroatoms. The predicted molar refractivity (Wildman–Crippen MR) is 55.8 cm³/mol. The zero-order valence-corrected chi connectivity index (χ0v) is 8.54. The minimum absolute atomic E-state index is 0.0903. The van der Waals surface area contributed by atoms with E-state index >= 15 is 0 Å². The van der Waals surface area contributed by atoms with Gasteiger partial charge in [-0.25, -0.2) is 8.78 Å². The SMILES string of the molecule is NC(c1cc2cc(F)cc(F)c2o1)C1CC1. The Kier molecular flexibility index (Phi) is 2.01. The first kappa shape index (κ1) is 9.78. The third-order valence-electron chi connectivity index (χ3n) is 3.01. The van der Waals surface area contributed by atoms with Crippen LogP contribution in [0.25, 0.3) is 11.0 Å². The summed E-state index contributed by atoms with van der Waals surface area (Å²) in [6, 6.07) is 3.50. The Bertz CT molecular complexity index is 545. The van der Waals surface area contributed by atoms with Gasteiger partial charge in [-0.3, -0.25) is 0 Å². The van der Waals surface area contributed by atoms with Crippen LogP contribution in [0.1, 0.15) is 24.6 Å². The van der Waals surface area contributed by atoms with Crippen LogP contribution in [0.4, 0.5) is 8.78 Å². The standard InChI is InChI=1S/C12H11F2NO/c13-8-3-7-4-10(11(15)6-1-2-6)16-12(7)9(14)5-8/h3-6,11H,1-2,15H2. The van der Waals surface area contributed by atoms with Crippen molar-refractivity contribution in [3.63, 3.8) is 0 Å². The van der Waals surface area contributed by atoms with Gasteiger partial charge in [-0.2, -0.15) is 0 Å². The third kappa shape index (κ3) is 1.50. The molecule has 16 heavy (non-hydrogen) atoms. The number of rotatable bonds is 2. The minimum atomic E-state index is -0.677. The fraction of sp³-hybridized carbons (Fsp3) is 0.333. The third-order valence-corrected chi connectivity index (χ3v) is 3.01. The first-order valence-corrected chi connectivity index (χ1v) is 5.29. The van der Waals surface area contributed by atoms with Crippen molar-refractivity contribution in [1.82, 2.24) is 0 Å². The van der Waals surface area contributed by atoms with Gasteiger partial charge in [0.05, 0.1) is 6.04 Å². The van der Waals surface area contributed by atoms with E-state index in [1.807, 2.05) is 0 Å². The van der Waals surface area contributed by atoms with Crippen LogP contribution in [-0.4, -0.2) is 0 Å². The van der Waals surface area contributed by atoms with E-state index in [0.29, 0.717) is 17.1 Å². The number of hydrogen-bond acceptors (Lipinski definition) is 2. The monoisotopic (exact) mass is 223 g/mol. The van der Waals surface area contributed by atoms with E-state index in [9.17, 15) is 8.78 Å². The number of fused-ring (bicyclic) bond motifs is 1. The van der Waals surface area contributed by atoms with Gasteiger partial charge >= 0.3 is 0 Å². The van der Waals surface area contributed by atoms with Crippen LogP contribution in [0, 0.1) is 17.6 Å². The van der Waals surface area contributed by atoms with Crippen LogP contribution in [0.3, 0.4) is 0 Å². The number of benzene rings is 1. The van der Waals surface area contributed by atoms with Gasteiger partial charge in [0.15, 0.2) is 11.4 Å². The first-order valence-electron chi connectivity index (χ1n) is 5.29. The zero-order valence-electron chi connectivity index (χ0n) is 8.54. The molecule has 1 saturated carbocycles. The lowest BCUT2D eigenvalue weighted by Crippen LogP contribution is -2.10. The van der Waals surface area contributed by atoms with Crippen molar-refractivity contribution >= 4 is 11.0 Å². The van der Waals surface area contributed by atoms with Gasteiger partial charge in [0.1, 0.15) is 11.6 Å². The summed E-state index contributed by atoms with van der Waals surface area (Å²) in [6.07, 6.45) is 2.16. The predicted octanol–water partition coefficient (Wildman–Crippen LogP) is 3.12. The average molecular weight is 223 g/mol. The normalized spacial score (nSPS) is 17.9. The zero-order chi connectivity index (χ0) is 11.3. The summed E-state index contributed by atoms with van der Waals surface area (Å²) in [6.45, 7) is 0. The quantitative estimate of drug-likeness (QED) is 0.849. The molecule has 0 amide bonds. The lowest BCUT2D eigenvalue weighted by molar-refractivity contribution is 0.454. The van der Waals surface area contributed by atoms with Crippen LogP contribution in [0.5, 0.6) is 0 Å². The van der Waals surface area contributed by atoms with Gasteiger partial charge in [0.25, 0.3) is 0 Å². The van der Waals surface area contributed by atoms with Gasteiger partial charge in [-0.1, -0.05) is 0 Å². The van der Waals surface area contributed by atoms with Gasteiger partial charge in [-0.15, -0.1) is 0 Å². The molecule has 2 nitrogen and oxygen atoms in total. The Morgan fingerprint density at radius 3 is 2.69 bits per heavy atom. The molecular formula is C12H11F2NO. The van der Waals surface area contributed by atoms with Gasteiger partial charge in [0, 0.05) is 11.5 Å². The fourth-order valence-electron chi connectivity index (χ4n) is 1.95. The maximum atomic E-state index is 13.4. The molecular weight excluding hydrogens is 212 g/mol. The summed E-state index contributed by atoms with van der Waals surface area (Å²) in [5, 5.41) is 0.434. The molecule has 1 aromatic carbocycles. The van der Waals surface area contributed by atoms with Crippen LogP contribution in [0.2, 0.25) is 0 Å². The van der Waals surface area contributed by atoms with E-state index in [2.05, 4.69) is 0 Å². The second kappa shape index (κ2) is 3.28. The Morgan fingerprint density at radius 2 is 2.00 bits per heavy atom. The Morgan fingerprint density at radius 1 is 1.25 bits per heavy atom. The number of nitrogens with two attached hydrogens (primary N) is 1. The van der Waals surface area contributed by atoms with Gasteiger partial charge in [0.2, 0.25) is 0 Å². The molecule has 0 bridgehead atoms. The van der Waals surface area contributed by atoms with Crippen LogP contribution in [-0.2, 0) is 0 Å². The first-order chi connectivity index (χ1) is 7.65. The van der Waals surface area contributed by atoms with E-state index < -0.39 is 11.6 Å². The topological polar surface area (TPSA) is 39.2 Å². The van der Waals surface area contributed by atoms with Crippen molar-refractivity contribution in [2.45, 2.75) is 18.9 Å². The molecule has 1 aromatic heterocycles. The molecule has 1 aliphatic rings. The maximum absolute atomic E-state index is 13.4. The van der Waals surface area contributed by atoms with Crippen molar-refractivity contribution in [2.24, 2.45) is 11.7 Å².